The van der Waals surface area contributed by atoms with Crippen LogP contribution in [0.2, 0.25) is 0 Å². The number of thiophene rings is 1. The molecule has 2 heterocycles. The molecule has 0 aliphatic carbocycles. The minimum absolute atomic E-state index is 0.168. The van der Waals surface area contributed by atoms with Gasteiger partial charge in [-0.25, -0.2) is 0 Å². The highest BCUT2D eigenvalue weighted by molar-refractivity contribution is 7.20. The number of aryl methyl sites for hydroxylation is 2. The molecule has 4 aromatic rings. The van der Waals surface area contributed by atoms with Crippen LogP contribution in [-0.2, 0) is 7.05 Å². The van der Waals surface area contributed by atoms with Crippen molar-refractivity contribution in [2.75, 3.05) is 12.4 Å². The molecule has 2 aromatic carbocycles. The lowest BCUT2D eigenvalue weighted by Crippen LogP contribution is -2.09. The number of anilines is 1. The fourth-order valence-electron chi connectivity index (χ4n) is 3.06. The van der Waals surface area contributed by atoms with Crippen molar-refractivity contribution in [1.82, 2.24) is 9.78 Å². The molecular weight excluding hydrogens is 400 g/mol. The van der Waals surface area contributed by atoms with Crippen molar-refractivity contribution in [1.29, 1.82) is 5.26 Å². The van der Waals surface area contributed by atoms with E-state index in [4.69, 9.17) is 14.7 Å². The summed E-state index contributed by atoms with van der Waals surface area (Å²) in [5.41, 5.74) is 2.05. The average Bonchev–Trinajstić information content (AvgIpc) is 3.31. The second-order valence-electron chi connectivity index (χ2n) is 6.60. The molecule has 7 nitrogen and oxygen atoms in total. The van der Waals surface area contributed by atoms with Gasteiger partial charge in [0, 0.05) is 24.2 Å². The molecule has 0 fully saturated rings. The zero-order valence-electron chi connectivity index (χ0n) is 16.6. The standard InChI is InChI=1S/C22H18N4O3S/c1-13-17-11-20(30-22(17)26(2)25-13)21(27)24-15-5-7-16(8-6-15)29-18-9-4-14(12-23)10-19(18)28-3/h4-11H,1-3H3,(H,24,27). The van der Waals surface area contributed by atoms with Crippen molar-refractivity contribution in [3.8, 4) is 23.3 Å². The van der Waals surface area contributed by atoms with Gasteiger partial charge < -0.3 is 14.8 Å². The summed E-state index contributed by atoms with van der Waals surface area (Å²) in [4.78, 5) is 14.2. The lowest BCUT2D eigenvalue weighted by atomic mass is 10.2. The summed E-state index contributed by atoms with van der Waals surface area (Å²) in [6, 6.07) is 15.9. The van der Waals surface area contributed by atoms with Crippen molar-refractivity contribution in [2.24, 2.45) is 7.05 Å². The third-order valence-corrected chi connectivity index (χ3v) is 5.75. The molecule has 0 saturated heterocycles. The fraction of sp³-hybridized carbons (Fsp3) is 0.136. The minimum Gasteiger partial charge on any atom is -0.493 e. The Balaban J connectivity index is 1.47. The number of nitriles is 1. The van der Waals surface area contributed by atoms with E-state index in [-0.39, 0.29) is 5.91 Å². The second kappa shape index (κ2) is 7.89. The van der Waals surface area contributed by atoms with Crippen LogP contribution < -0.4 is 14.8 Å². The van der Waals surface area contributed by atoms with Gasteiger partial charge in [-0.05, 0) is 49.4 Å². The van der Waals surface area contributed by atoms with Crippen molar-refractivity contribution in [2.45, 2.75) is 6.92 Å². The summed E-state index contributed by atoms with van der Waals surface area (Å²) in [6.07, 6.45) is 0. The Kier molecular flexibility index (Phi) is 5.12. The normalized spacial score (nSPS) is 10.6. The monoisotopic (exact) mass is 418 g/mol. The maximum absolute atomic E-state index is 12.6. The molecule has 0 radical (unpaired) electrons. The number of amides is 1. The molecule has 2 aromatic heterocycles. The van der Waals surface area contributed by atoms with Gasteiger partial charge in [-0.15, -0.1) is 11.3 Å². The molecule has 0 atom stereocenters. The highest BCUT2D eigenvalue weighted by Crippen LogP contribution is 2.33. The minimum atomic E-state index is -0.168. The zero-order chi connectivity index (χ0) is 21.3. The SMILES string of the molecule is COc1cc(C#N)ccc1Oc1ccc(NC(=O)c2cc3c(C)nn(C)c3s2)cc1. The van der Waals surface area contributed by atoms with Crippen LogP contribution in [0.3, 0.4) is 0 Å². The van der Waals surface area contributed by atoms with E-state index < -0.39 is 0 Å². The Morgan fingerprint density at radius 2 is 1.93 bits per heavy atom. The molecule has 0 bridgehead atoms. The number of hydrogen-bond donors (Lipinski definition) is 1. The van der Waals surface area contributed by atoms with Crippen molar-refractivity contribution < 1.29 is 14.3 Å². The molecule has 4 rings (SSSR count). The Morgan fingerprint density at radius 1 is 1.17 bits per heavy atom. The number of methoxy groups -OCH3 is 1. The Labute approximate surface area is 177 Å². The summed E-state index contributed by atoms with van der Waals surface area (Å²) in [5, 5.41) is 17.2. The van der Waals surface area contributed by atoms with Crippen LogP contribution >= 0.6 is 11.3 Å². The summed E-state index contributed by atoms with van der Waals surface area (Å²) < 4.78 is 12.9. The summed E-state index contributed by atoms with van der Waals surface area (Å²) in [6.45, 7) is 1.93. The molecule has 30 heavy (non-hydrogen) atoms. The number of nitrogens with zero attached hydrogens (tertiary/aromatic N) is 3. The summed E-state index contributed by atoms with van der Waals surface area (Å²) >= 11 is 1.41. The quantitative estimate of drug-likeness (QED) is 0.499. The van der Waals surface area contributed by atoms with Crippen LogP contribution in [0.4, 0.5) is 5.69 Å². The Hall–Kier alpha value is -3.83. The first-order chi connectivity index (χ1) is 14.5. The third-order valence-electron chi connectivity index (χ3n) is 4.55. The average molecular weight is 418 g/mol. The number of rotatable bonds is 5. The lowest BCUT2D eigenvalue weighted by Gasteiger charge is -2.11. The van der Waals surface area contributed by atoms with Crippen LogP contribution in [0.25, 0.3) is 10.2 Å². The predicted octanol–water partition coefficient (Wildman–Crippen LogP) is 4.87. The maximum atomic E-state index is 12.6. The van der Waals surface area contributed by atoms with E-state index in [0.29, 0.717) is 33.4 Å². The number of carbonyl (C=O) groups excluding carboxylic acids is 1. The van der Waals surface area contributed by atoms with E-state index in [1.165, 1.54) is 18.4 Å². The molecule has 1 N–H and O–H groups in total. The molecule has 0 saturated carbocycles. The predicted molar refractivity (Wildman–Crippen MR) is 116 cm³/mol. The fourth-order valence-corrected chi connectivity index (χ4v) is 4.08. The van der Waals surface area contributed by atoms with E-state index in [1.54, 1.807) is 47.1 Å². The van der Waals surface area contributed by atoms with Crippen molar-refractivity contribution >= 4 is 33.1 Å². The second-order valence-corrected chi connectivity index (χ2v) is 7.63. The number of hydrogen-bond acceptors (Lipinski definition) is 6. The number of carbonyl (C=O) groups is 1. The molecule has 0 unspecified atom stereocenters. The third kappa shape index (κ3) is 3.71. The zero-order valence-corrected chi connectivity index (χ0v) is 17.4. The molecular formula is C22H18N4O3S. The van der Waals surface area contributed by atoms with Gasteiger partial charge in [-0.3, -0.25) is 9.48 Å². The van der Waals surface area contributed by atoms with Gasteiger partial charge >= 0.3 is 0 Å². The van der Waals surface area contributed by atoms with E-state index >= 15 is 0 Å². The van der Waals surface area contributed by atoms with E-state index in [1.807, 2.05) is 20.0 Å². The largest absolute Gasteiger partial charge is 0.493 e. The Bertz CT molecular complexity index is 1250. The molecule has 1 amide bonds. The van der Waals surface area contributed by atoms with Gasteiger partial charge in [0.2, 0.25) is 0 Å². The molecule has 0 spiro atoms. The summed E-state index contributed by atoms with van der Waals surface area (Å²) in [5.74, 6) is 1.39. The topological polar surface area (TPSA) is 89.2 Å². The maximum Gasteiger partial charge on any atom is 0.265 e. The first kappa shape index (κ1) is 19.5. The number of benzene rings is 2. The molecule has 0 aliphatic rings. The van der Waals surface area contributed by atoms with E-state index in [9.17, 15) is 4.79 Å². The van der Waals surface area contributed by atoms with Gasteiger partial charge in [-0.1, -0.05) is 0 Å². The lowest BCUT2D eigenvalue weighted by molar-refractivity contribution is 0.103. The number of ether oxygens (including phenoxy) is 2. The van der Waals surface area contributed by atoms with Crippen LogP contribution in [0.15, 0.2) is 48.5 Å². The summed E-state index contributed by atoms with van der Waals surface area (Å²) in [7, 11) is 3.39. The van der Waals surface area contributed by atoms with E-state index in [0.717, 1.165) is 15.9 Å². The van der Waals surface area contributed by atoms with Gasteiger partial charge in [0.05, 0.1) is 29.3 Å². The van der Waals surface area contributed by atoms with Gasteiger partial charge in [0.15, 0.2) is 11.5 Å². The van der Waals surface area contributed by atoms with Crippen LogP contribution in [0.1, 0.15) is 20.9 Å². The highest BCUT2D eigenvalue weighted by atomic mass is 32.1. The first-order valence-electron chi connectivity index (χ1n) is 9.09. The van der Waals surface area contributed by atoms with E-state index in [2.05, 4.69) is 16.5 Å². The van der Waals surface area contributed by atoms with Crippen LogP contribution in [0.5, 0.6) is 17.2 Å². The van der Waals surface area contributed by atoms with Crippen molar-refractivity contribution in [3.63, 3.8) is 0 Å². The van der Waals surface area contributed by atoms with Crippen molar-refractivity contribution in [3.05, 3.63) is 64.7 Å². The first-order valence-corrected chi connectivity index (χ1v) is 9.90. The number of fused-ring (bicyclic) bond motifs is 1. The highest BCUT2D eigenvalue weighted by Gasteiger charge is 2.15. The number of aromatic nitrogens is 2. The number of nitrogens with one attached hydrogen (secondary N) is 1. The van der Waals surface area contributed by atoms with Crippen LogP contribution in [-0.4, -0.2) is 22.8 Å². The van der Waals surface area contributed by atoms with Gasteiger partial charge in [-0.2, -0.15) is 10.4 Å². The van der Waals surface area contributed by atoms with Gasteiger partial charge in [0.1, 0.15) is 10.6 Å². The molecule has 8 heteroatoms. The molecule has 0 aliphatic heterocycles. The smallest absolute Gasteiger partial charge is 0.265 e. The Morgan fingerprint density at radius 3 is 2.60 bits per heavy atom. The molecule has 150 valence electrons. The van der Waals surface area contributed by atoms with Gasteiger partial charge in [0.25, 0.3) is 5.91 Å². The van der Waals surface area contributed by atoms with Crippen LogP contribution in [0, 0.1) is 18.3 Å².